The molecule has 0 aliphatic rings. The average Bonchev–Trinajstić information content (AvgIpc) is 2.87. The van der Waals surface area contributed by atoms with Gasteiger partial charge in [0.15, 0.2) is 0 Å². The lowest BCUT2D eigenvalue weighted by Gasteiger charge is -2.08. The van der Waals surface area contributed by atoms with E-state index >= 15 is 0 Å². The Bertz CT molecular complexity index is 451. The van der Waals surface area contributed by atoms with Crippen LogP contribution in [0, 0.1) is 0 Å². The van der Waals surface area contributed by atoms with E-state index in [4.69, 9.17) is 0 Å². The molecular formula is C15H20N2S. The fourth-order valence-corrected chi connectivity index (χ4v) is 2.72. The first-order valence-corrected chi connectivity index (χ1v) is 7.41. The number of aromatic nitrogens is 1. The second-order valence-corrected chi connectivity index (χ2v) is 5.29. The molecule has 0 aliphatic heterocycles. The number of hydrogen-bond donors (Lipinski definition) is 1. The second-order valence-electron chi connectivity index (χ2n) is 4.12. The molecule has 0 amide bonds. The zero-order chi connectivity index (χ0) is 12.6. The van der Waals surface area contributed by atoms with Crippen LogP contribution in [0.4, 0.5) is 0 Å². The Balaban J connectivity index is 1.65. The van der Waals surface area contributed by atoms with Crippen LogP contribution in [0.25, 0.3) is 0 Å². The molecule has 0 unspecified atom stereocenters. The largest absolute Gasteiger partial charge is 0.351 e. The summed E-state index contributed by atoms with van der Waals surface area (Å²) in [6, 6.07) is 14.8. The van der Waals surface area contributed by atoms with Crippen molar-refractivity contribution < 1.29 is 0 Å². The third kappa shape index (κ3) is 3.93. The summed E-state index contributed by atoms with van der Waals surface area (Å²) in [6.45, 7) is 5.21. The minimum atomic E-state index is 0.955. The van der Waals surface area contributed by atoms with Gasteiger partial charge in [0, 0.05) is 42.2 Å². The number of nitrogens with one attached hydrogen (secondary N) is 1. The van der Waals surface area contributed by atoms with E-state index in [0.29, 0.717) is 0 Å². The van der Waals surface area contributed by atoms with Crippen molar-refractivity contribution in [3.8, 4) is 0 Å². The van der Waals surface area contributed by atoms with Crippen molar-refractivity contribution in [3.05, 3.63) is 54.4 Å². The van der Waals surface area contributed by atoms with Crippen LogP contribution in [-0.4, -0.2) is 16.9 Å². The molecule has 0 spiro atoms. The number of aryl methyl sites for hydroxylation is 1. The topological polar surface area (TPSA) is 17.0 Å². The SMILES string of the molecule is CCn1cccc1CNCCSc1ccccc1. The molecule has 3 heteroatoms. The van der Waals surface area contributed by atoms with Crippen LogP contribution in [0.5, 0.6) is 0 Å². The van der Waals surface area contributed by atoms with E-state index in [2.05, 4.69) is 65.5 Å². The lowest BCUT2D eigenvalue weighted by molar-refractivity contribution is 0.648. The minimum Gasteiger partial charge on any atom is -0.351 e. The summed E-state index contributed by atoms with van der Waals surface area (Å²) in [6.07, 6.45) is 2.13. The van der Waals surface area contributed by atoms with Crippen molar-refractivity contribution in [1.82, 2.24) is 9.88 Å². The van der Waals surface area contributed by atoms with E-state index in [1.807, 2.05) is 11.8 Å². The highest BCUT2D eigenvalue weighted by Crippen LogP contribution is 2.15. The van der Waals surface area contributed by atoms with E-state index in [-0.39, 0.29) is 0 Å². The van der Waals surface area contributed by atoms with Gasteiger partial charge in [0.25, 0.3) is 0 Å². The first-order chi connectivity index (χ1) is 8.90. The van der Waals surface area contributed by atoms with Gasteiger partial charge in [0.1, 0.15) is 0 Å². The maximum atomic E-state index is 3.49. The summed E-state index contributed by atoms with van der Waals surface area (Å²) in [4.78, 5) is 1.34. The van der Waals surface area contributed by atoms with Crippen LogP contribution in [-0.2, 0) is 13.1 Å². The van der Waals surface area contributed by atoms with E-state index < -0.39 is 0 Å². The van der Waals surface area contributed by atoms with Crippen LogP contribution in [0.3, 0.4) is 0 Å². The number of benzene rings is 1. The molecule has 1 N–H and O–H groups in total. The van der Waals surface area contributed by atoms with Crippen molar-refractivity contribution in [2.24, 2.45) is 0 Å². The van der Waals surface area contributed by atoms with Crippen molar-refractivity contribution in [1.29, 1.82) is 0 Å². The number of nitrogens with zero attached hydrogens (tertiary/aromatic N) is 1. The zero-order valence-electron chi connectivity index (χ0n) is 10.8. The van der Waals surface area contributed by atoms with Crippen molar-refractivity contribution >= 4 is 11.8 Å². The highest BCUT2D eigenvalue weighted by atomic mass is 32.2. The highest BCUT2D eigenvalue weighted by Gasteiger charge is 1.98. The van der Waals surface area contributed by atoms with Gasteiger partial charge < -0.3 is 9.88 Å². The van der Waals surface area contributed by atoms with E-state index in [0.717, 1.165) is 25.4 Å². The van der Waals surface area contributed by atoms with Gasteiger partial charge in [-0.1, -0.05) is 18.2 Å². The Kier molecular flexibility index (Phi) is 5.36. The molecule has 18 heavy (non-hydrogen) atoms. The molecule has 2 rings (SSSR count). The maximum absolute atomic E-state index is 3.49. The summed E-state index contributed by atoms with van der Waals surface area (Å²) in [5, 5.41) is 3.49. The van der Waals surface area contributed by atoms with Gasteiger partial charge >= 0.3 is 0 Å². The van der Waals surface area contributed by atoms with Gasteiger partial charge in [-0.2, -0.15) is 0 Å². The normalized spacial score (nSPS) is 10.7. The Morgan fingerprint density at radius 2 is 1.94 bits per heavy atom. The molecule has 2 aromatic rings. The predicted molar refractivity (Wildman–Crippen MR) is 79.0 cm³/mol. The van der Waals surface area contributed by atoms with Gasteiger partial charge in [-0.25, -0.2) is 0 Å². The molecule has 0 fully saturated rings. The van der Waals surface area contributed by atoms with Gasteiger partial charge in [0.2, 0.25) is 0 Å². The van der Waals surface area contributed by atoms with Crippen LogP contribution in [0.15, 0.2) is 53.6 Å². The van der Waals surface area contributed by atoms with E-state index in [1.165, 1.54) is 10.6 Å². The van der Waals surface area contributed by atoms with Crippen LogP contribution in [0.1, 0.15) is 12.6 Å². The third-order valence-corrected chi connectivity index (χ3v) is 3.87. The van der Waals surface area contributed by atoms with E-state index in [9.17, 15) is 0 Å². The van der Waals surface area contributed by atoms with E-state index in [1.54, 1.807) is 0 Å². The van der Waals surface area contributed by atoms with Crippen LogP contribution >= 0.6 is 11.8 Å². The molecule has 1 aromatic heterocycles. The molecule has 0 radical (unpaired) electrons. The maximum Gasteiger partial charge on any atom is 0.0359 e. The quantitative estimate of drug-likeness (QED) is 0.607. The Labute approximate surface area is 113 Å². The average molecular weight is 260 g/mol. The van der Waals surface area contributed by atoms with Gasteiger partial charge in [0.05, 0.1) is 0 Å². The fraction of sp³-hybridized carbons (Fsp3) is 0.333. The lowest BCUT2D eigenvalue weighted by Crippen LogP contribution is -2.18. The molecule has 0 bridgehead atoms. The first-order valence-electron chi connectivity index (χ1n) is 6.42. The van der Waals surface area contributed by atoms with Gasteiger partial charge in [-0.15, -0.1) is 11.8 Å². The summed E-state index contributed by atoms with van der Waals surface area (Å²) in [5.74, 6) is 1.11. The third-order valence-electron chi connectivity index (χ3n) is 2.86. The van der Waals surface area contributed by atoms with Gasteiger partial charge in [-0.3, -0.25) is 0 Å². The lowest BCUT2D eigenvalue weighted by atomic mass is 10.4. The minimum absolute atomic E-state index is 0.955. The molecule has 1 aromatic carbocycles. The van der Waals surface area contributed by atoms with Crippen LogP contribution < -0.4 is 5.32 Å². The highest BCUT2D eigenvalue weighted by molar-refractivity contribution is 7.99. The summed E-state index contributed by atoms with van der Waals surface area (Å²) >= 11 is 1.90. The standard InChI is InChI=1S/C15H20N2S/c1-2-17-11-6-7-14(17)13-16-10-12-18-15-8-4-3-5-9-15/h3-9,11,16H,2,10,12-13H2,1H3. The predicted octanol–water partition coefficient (Wildman–Crippen LogP) is 3.39. The van der Waals surface area contributed by atoms with Gasteiger partial charge in [-0.05, 0) is 31.2 Å². The fourth-order valence-electron chi connectivity index (χ4n) is 1.89. The van der Waals surface area contributed by atoms with Crippen molar-refractivity contribution in [2.45, 2.75) is 24.9 Å². The molecule has 0 saturated carbocycles. The van der Waals surface area contributed by atoms with Crippen molar-refractivity contribution in [3.63, 3.8) is 0 Å². The molecule has 1 heterocycles. The Morgan fingerprint density at radius 1 is 1.11 bits per heavy atom. The number of rotatable bonds is 7. The second kappa shape index (κ2) is 7.29. The smallest absolute Gasteiger partial charge is 0.0359 e. The summed E-state index contributed by atoms with van der Waals surface area (Å²) in [7, 11) is 0. The zero-order valence-corrected chi connectivity index (χ0v) is 11.6. The molecular weight excluding hydrogens is 240 g/mol. The Hall–Kier alpha value is -1.19. The monoisotopic (exact) mass is 260 g/mol. The summed E-state index contributed by atoms with van der Waals surface area (Å²) in [5.41, 5.74) is 1.36. The molecule has 0 atom stereocenters. The van der Waals surface area contributed by atoms with Crippen LogP contribution in [0.2, 0.25) is 0 Å². The summed E-state index contributed by atoms with van der Waals surface area (Å²) < 4.78 is 2.28. The first kappa shape index (κ1) is 13.2. The number of thioether (sulfide) groups is 1. The number of hydrogen-bond acceptors (Lipinski definition) is 2. The molecule has 0 saturated heterocycles. The molecule has 96 valence electrons. The molecule has 2 nitrogen and oxygen atoms in total. The Morgan fingerprint density at radius 3 is 2.72 bits per heavy atom. The molecule has 0 aliphatic carbocycles. The van der Waals surface area contributed by atoms with Crippen molar-refractivity contribution in [2.75, 3.05) is 12.3 Å².